The highest BCUT2D eigenvalue weighted by Gasteiger charge is 2.28. The van der Waals surface area contributed by atoms with Crippen molar-refractivity contribution in [2.45, 2.75) is 30.6 Å². The number of methoxy groups -OCH3 is 2. The molecule has 1 amide bonds. The number of sulfonamides is 1. The van der Waals surface area contributed by atoms with Crippen LogP contribution in [-0.4, -0.2) is 66.2 Å². The van der Waals surface area contributed by atoms with E-state index in [1.54, 1.807) is 36.4 Å². The second kappa shape index (κ2) is 11.9. The van der Waals surface area contributed by atoms with Crippen molar-refractivity contribution >= 4 is 21.6 Å². The first-order valence-corrected chi connectivity index (χ1v) is 12.7. The smallest absolute Gasteiger partial charge is 0.264 e. The van der Waals surface area contributed by atoms with E-state index in [-0.39, 0.29) is 17.3 Å². The summed E-state index contributed by atoms with van der Waals surface area (Å²) in [4.78, 5) is 15.3. The van der Waals surface area contributed by atoms with E-state index >= 15 is 0 Å². The van der Waals surface area contributed by atoms with Gasteiger partial charge in [0, 0.05) is 12.6 Å². The van der Waals surface area contributed by atoms with Gasteiger partial charge in [0.15, 0.2) is 11.5 Å². The van der Waals surface area contributed by atoms with Gasteiger partial charge in [-0.1, -0.05) is 24.6 Å². The van der Waals surface area contributed by atoms with E-state index in [2.05, 4.69) is 10.2 Å². The highest BCUT2D eigenvalue weighted by atomic mass is 32.2. The first kappa shape index (κ1) is 24.9. The predicted octanol–water partition coefficient (Wildman–Crippen LogP) is 2.89. The number of amides is 1. The van der Waals surface area contributed by atoms with Crippen LogP contribution in [0.5, 0.6) is 11.5 Å². The lowest BCUT2D eigenvalue weighted by molar-refractivity contribution is -0.119. The second-order valence-corrected chi connectivity index (χ2v) is 9.83. The van der Waals surface area contributed by atoms with Crippen LogP contribution in [0.15, 0.2) is 53.4 Å². The molecule has 180 valence electrons. The quantitative estimate of drug-likeness (QED) is 0.503. The van der Waals surface area contributed by atoms with Crippen molar-refractivity contribution in [3.8, 4) is 11.5 Å². The molecule has 0 radical (unpaired) electrons. The summed E-state index contributed by atoms with van der Waals surface area (Å²) < 4.78 is 38.6. The minimum Gasteiger partial charge on any atom is -0.493 e. The molecule has 1 aliphatic rings. The molecule has 0 spiro atoms. The van der Waals surface area contributed by atoms with Crippen LogP contribution in [0.4, 0.5) is 5.69 Å². The molecule has 0 saturated carbocycles. The molecule has 0 bridgehead atoms. The van der Waals surface area contributed by atoms with Gasteiger partial charge in [0.1, 0.15) is 6.54 Å². The Hall–Kier alpha value is -2.78. The van der Waals surface area contributed by atoms with E-state index in [0.29, 0.717) is 23.7 Å². The number of piperidine rings is 1. The van der Waals surface area contributed by atoms with Gasteiger partial charge in [0.2, 0.25) is 5.91 Å². The number of carbonyl (C=O) groups excluding carboxylic acids is 1. The Kier molecular flexibility index (Phi) is 8.96. The Morgan fingerprint density at radius 2 is 1.70 bits per heavy atom. The lowest BCUT2D eigenvalue weighted by atomic mass is 10.1. The Morgan fingerprint density at radius 3 is 2.36 bits per heavy atom. The van der Waals surface area contributed by atoms with Crippen LogP contribution in [0.1, 0.15) is 25.7 Å². The molecule has 1 N–H and O–H groups in total. The Labute approximate surface area is 196 Å². The Morgan fingerprint density at radius 1 is 1.00 bits per heavy atom. The zero-order chi connectivity index (χ0) is 23.7. The van der Waals surface area contributed by atoms with Crippen LogP contribution in [-0.2, 0) is 14.8 Å². The number of ether oxygens (including phenoxy) is 2. The summed E-state index contributed by atoms with van der Waals surface area (Å²) >= 11 is 0. The molecule has 3 rings (SSSR count). The second-order valence-electron chi connectivity index (χ2n) is 7.97. The number of nitrogens with one attached hydrogen (secondary N) is 1. The van der Waals surface area contributed by atoms with Crippen molar-refractivity contribution in [3.63, 3.8) is 0 Å². The van der Waals surface area contributed by atoms with E-state index in [1.165, 1.54) is 45.6 Å². The Balaban J connectivity index is 1.74. The van der Waals surface area contributed by atoms with Gasteiger partial charge in [-0.3, -0.25) is 9.10 Å². The number of anilines is 1. The van der Waals surface area contributed by atoms with Crippen LogP contribution in [0.25, 0.3) is 0 Å². The third-order valence-electron chi connectivity index (χ3n) is 5.70. The Bertz CT molecular complexity index is 1010. The molecule has 1 saturated heterocycles. The molecule has 1 heterocycles. The zero-order valence-electron chi connectivity index (χ0n) is 19.3. The molecule has 2 aromatic rings. The number of likely N-dealkylation sites (tertiary alicyclic amines) is 1. The van der Waals surface area contributed by atoms with Crippen LogP contribution < -0.4 is 19.1 Å². The van der Waals surface area contributed by atoms with E-state index in [9.17, 15) is 13.2 Å². The van der Waals surface area contributed by atoms with Gasteiger partial charge >= 0.3 is 0 Å². The molecule has 0 unspecified atom stereocenters. The third kappa shape index (κ3) is 6.61. The molecule has 2 aromatic carbocycles. The maximum Gasteiger partial charge on any atom is 0.264 e. The summed E-state index contributed by atoms with van der Waals surface area (Å²) in [6, 6.07) is 12.9. The average molecular weight is 476 g/mol. The highest BCUT2D eigenvalue weighted by molar-refractivity contribution is 7.92. The van der Waals surface area contributed by atoms with Crippen molar-refractivity contribution in [1.29, 1.82) is 0 Å². The van der Waals surface area contributed by atoms with Crippen LogP contribution >= 0.6 is 0 Å². The molecule has 33 heavy (non-hydrogen) atoms. The summed E-state index contributed by atoms with van der Waals surface area (Å²) in [5.74, 6) is 0.494. The topological polar surface area (TPSA) is 88.2 Å². The molecular weight excluding hydrogens is 442 g/mol. The van der Waals surface area contributed by atoms with Gasteiger partial charge in [0.25, 0.3) is 10.0 Å². The maximum absolute atomic E-state index is 13.4. The molecule has 0 atom stereocenters. The van der Waals surface area contributed by atoms with E-state index < -0.39 is 10.0 Å². The zero-order valence-corrected chi connectivity index (χ0v) is 20.1. The molecule has 1 aliphatic heterocycles. The number of hydrogen-bond donors (Lipinski definition) is 1. The summed E-state index contributed by atoms with van der Waals surface area (Å²) in [6.07, 6.45) is 4.57. The minimum absolute atomic E-state index is 0.109. The highest BCUT2D eigenvalue weighted by Crippen LogP contribution is 2.33. The maximum atomic E-state index is 13.4. The van der Waals surface area contributed by atoms with Crippen molar-refractivity contribution in [3.05, 3.63) is 48.5 Å². The van der Waals surface area contributed by atoms with Crippen LogP contribution in [0, 0.1) is 0 Å². The standard InChI is InChI=1S/C24H33N3O5S/c1-31-22-13-12-20(18-23(22)32-2)27(33(29,30)21-10-5-3-6-11-21)19-24(28)25-14-9-17-26-15-7-4-8-16-26/h3,5-6,10-13,18H,4,7-9,14-17,19H2,1-2H3,(H,25,28). The van der Waals surface area contributed by atoms with Crippen molar-refractivity contribution in [2.75, 3.05) is 51.2 Å². The van der Waals surface area contributed by atoms with Crippen molar-refractivity contribution < 1.29 is 22.7 Å². The first-order chi connectivity index (χ1) is 16.0. The SMILES string of the molecule is COc1ccc(N(CC(=O)NCCCN2CCCCC2)S(=O)(=O)c2ccccc2)cc1OC. The molecule has 1 fully saturated rings. The summed E-state index contributed by atoms with van der Waals surface area (Å²) in [7, 11) is -0.987. The van der Waals surface area contributed by atoms with Gasteiger partial charge in [0.05, 0.1) is 24.8 Å². The minimum atomic E-state index is -3.97. The molecule has 9 heteroatoms. The first-order valence-electron chi connectivity index (χ1n) is 11.2. The number of rotatable bonds is 11. The number of benzene rings is 2. The monoisotopic (exact) mass is 475 g/mol. The summed E-state index contributed by atoms with van der Waals surface area (Å²) in [5, 5.41) is 2.87. The molecule has 8 nitrogen and oxygen atoms in total. The number of carbonyl (C=O) groups is 1. The predicted molar refractivity (Wildman–Crippen MR) is 128 cm³/mol. The molecule has 0 aromatic heterocycles. The lowest BCUT2D eigenvalue weighted by Crippen LogP contribution is -2.41. The number of nitrogens with zero attached hydrogens (tertiary/aromatic N) is 2. The van der Waals surface area contributed by atoms with Crippen LogP contribution in [0.2, 0.25) is 0 Å². The summed E-state index contributed by atoms with van der Waals surface area (Å²) in [5.41, 5.74) is 0.319. The fraction of sp³-hybridized carbons (Fsp3) is 0.458. The van der Waals surface area contributed by atoms with Gasteiger partial charge in [-0.15, -0.1) is 0 Å². The van der Waals surface area contributed by atoms with Gasteiger partial charge < -0.3 is 19.7 Å². The molecular formula is C24H33N3O5S. The largest absolute Gasteiger partial charge is 0.493 e. The van der Waals surface area contributed by atoms with Crippen LogP contribution in [0.3, 0.4) is 0 Å². The van der Waals surface area contributed by atoms with Gasteiger partial charge in [-0.05, 0) is 63.2 Å². The molecule has 0 aliphatic carbocycles. The van der Waals surface area contributed by atoms with Crippen molar-refractivity contribution in [1.82, 2.24) is 10.2 Å². The van der Waals surface area contributed by atoms with Gasteiger partial charge in [-0.25, -0.2) is 8.42 Å². The van der Waals surface area contributed by atoms with E-state index in [4.69, 9.17) is 9.47 Å². The normalized spacial score (nSPS) is 14.5. The van der Waals surface area contributed by atoms with Crippen molar-refractivity contribution in [2.24, 2.45) is 0 Å². The van der Waals surface area contributed by atoms with E-state index in [1.807, 2.05) is 0 Å². The van der Waals surface area contributed by atoms with Gasteiger partial charge in [-0.2, -0.15) is 0 Å². The third-order valence-corrected chi connectivity index (χ3v) is 7.48. The number of hydrogen-bond acceptors (Lipinski definition) is 6. The fourth-order valence-electron chi connectivity index (χ4n) is 3.91. The van der Waals surface area contributed by atoms with E-state index in [0.717, 1.165) is 30.4 Å². The summed E-state index contributed by atoms with van der Waals surface area (Å²) in [6.45, 7) is 3.31. The lowest BCUT2D eigenvalue weighted by Gasteiger charge is -2.26. The average Bonchev–Trinajstić information content (AvgIpc) is 2.86. The fourth-order valence-corrected chi connectivity index (χ4v) is 5.35.